The number of carbonyl (C=O) groups is 2. The summed E-state index contributed by atoms with van der Waals surface area (Å²) in [5, 5.41) is 7.05. The quantitative estimate of drug-likeness (QED) is 0.516. The Bertz CT molecular complexity index is 1270. The molecule has 0 unspecified atom stereocenters. The smallest absolute Gasteiger partial charge is 0.332 e. The lowest BCUT2D eigenvalue weighted by molar-refractivity contribution is -0.122. The molecule has 1 fully saturated rings. The Kier molecular flexibility index (Phi) is 6.99. The molecule has 0 aliphatic carbocycles. The molecule has 4 rings (SSSR count). The minimum absolute atomic E-state index is 0.0274. The summed E-state index contributed by atoms with van der Waals surface area (Å²) in [4.78, 5) is 50.6. The largest absolute Gasteiger partial charge is 0.376 e. The molecule has 3 aromatic rings. The molecule has 0 saturated carbocycles. The Morgan fingerprint density at radius 3 is 2.64 bits per heavy atom. The van der Waals surface area contributed by atoms with Crippen LogP contribution >= 0.6 is 11.3 Å². The van der Waals surface area contributed by atoms with Gasteiger partial charge in [0.15, 0.2) is 0 Å². The van der Waals surface area contributed by atoms with Gasteiger partial charge in [-0.2, -0.15) is 0 Å². The lowest BCUT2D eigenvalue weighted by Crippen LogP contribution is -2.43. The molecule has 0 spiro atoms. The summed E-state index contributed by atoms with van der Waals surface area (Å²) in [5.41, 5.74) is -0.375. The third-order valence-corrected chi connectivity index (χ3v) is 6.27. The minimum Gasteiger partial charge on any atom is -0.376 e. The van der Waals surface area contributed by atoms with E-state index in [0.717, 1.165) is 17.4 Å². The normalized spacial score (nSPS) is 15.6. The number of hydrogen-bond acceptors (Lipinski definition) is 6. The lowest BCUT2D eigenvalue weighted by atomic mass is 10.2. The zero-order valence-corrected chi connectivity index (χ0v) is 18.5. The van der Waals surface area contributed by atoms with Crippen LogP contribution in [0.3, 0.4) is 0 Å². The summed E-state index contributed by atoms with van der Waals surface area (Å²) < 4.78 is 21.1. The first kappa shape index (κ1) is 22.9. The molecule has 1 aromatic carbocycles. The van der Waals surface area contributed by atoms with Crippen LogP contribution in [0.2, 0.25) is 0 Å². The number of amides is 2. The first-order chi connectivity index (χ1) is 15.9. The fourth-order valence-electron chi connectivity index (χ4n) is 3.69. The highest BCUT2D eigenvalue weighted by atomic mass is 32.1. The number of ether oxygens (including phenoxy) is 1. The molecule has 1 aliphatic rings. The molecule has 2 aromatic heterocycles. The van der Waals surface area contributed by atoms with Gasteiger partial charge in [-0.05, 0) is 48.6 Å². The Hall–Kier alpha value is -3.31. The zero-order chi connectivity index (χ0) is 23.4. The number of fused-ring (bicyclic) bond motifs is 1. The summed E-state index contributed by atoms with van der Waals surface area (Å²) >= 11 is 1.17. The van der Waals surface area contributed by atoms with Crippen LogP contribution < -0.4 is 21.9 Å². The van der Waals surface area contributed by atoms with E-state index in [1.165, 1.54) is 40.2 Å². The first-order valence-electron chi connectivity index (χ1n) is 10.6. The number of anilines is 1. The molecule has 1 aliphatic heterocycles. The van der Waals surface area contributed by atoms with E-state index in [1.54, 1.807) is 11.4 Å². The standard InChI is InChI=1S/C22H23FN4O5S/c23-14-3-5-15(6-4-14)25-18(28)7-9-26-21(30)20-17(8-11-33-20)27(22(26)31)13-19(29)24-12-16-2-1-10-32-16/h3-6,8,11,16H,1-2,7,9-10,12-13H2,(H,24,29)(H,25,28)/t16-/m0/s1. The van der Waals surface area contributed by atoms with Crippen LogP contribution in [0.25, 0.3) is 10.2 Å². The Labute approximate surface area is 191 Å². The van der Waals surface area contributed by atoms with Gasteiger partial charge in [-0.3, -0.25) is 23.5 Å². The highest BCUT2D eigenvalue weighted by Gasteiger charge is 2.19. The second-order valence-electron chi connectivity index (χ2n) is 7.70. The van der Waals surface area contributed by atoms with Crippen molar-refractivity contribution in [2.45, 2.75) is 38.5 Å². The van der Waals surface area contributed by atoms with Crippen molar-refractivity contribution in [3.63, 3.8) is 0 Å². The number of aromatic nitrogens is 2. The zero-order valence-electron chi connectivity index (χ0n) is 17.7. The van der Waals surface area contributed by atoms with E-state index in [4.69, 9.17) is 4.74 Å². The average Bonchev–Trinajstić information content (AvgIpc) is 3.49. The number of benzene rings is 1. The average molecular weight is 475 g/mol. The van der Waals surface area contributed by atoms with Gasteiger partial charge < -0.3 is 15.4 Å². The van der Waals surface area contributed by atoms with Gasteiger partial charge in [0.05, 0.1) is 11.6 Å². The first-order valence-corrected chi connectivity index (χ1v) is 11.4. The fourth-order valence-corrected chi connectivity index (χ4v) is 4.53. The summed E-state index contributed by atoms with van der Waals surface area (Å²) in [5.74, 6) is -1.22. The van der Waals surface area contributed by atoms with Gasteiger partial charge in [0.1, 0.15) is 17.1 Å². The number of rotatable bonds is 8. The van der Waals surface area contributed by atoms with Crippen molar-refractivity contribution < 1.29 is 18.7 Å². The third-order valence-electron chi connectivity index (χ3n) is 5.38. The van der Waals surface area contributed by atoms with E-state index < -0.39 is 23.0 Å². The highest BCUT2D eigenvalue weighted by Crippen LogP contribution is 2.16. The van der Waals surface area contributed by atoms with Crippen molar-refractivity contribution >= 4 is 39.1 Å². The lowest BCUT2D eigenvalue weighted by Gasteiger charge is -2.14. The number of hydrogen-bond donors (Lipinski definition) is 2. The van der Waals surface area contributed by atoms with Crippen molar-refractivity contribution in [1.29, 1.82) is 0 Å². The molecule has 2 amide bonds. The van der Waals surface area contributed by atoms with Crippen LogP contribution in [0.5, 0.6) is 0 Å². The molecular formula is C22H23FN4O5S. The minimum atomic E-state index is -0.659. The molecule has 0 bridgehead atoms. The van der Waals surface area contributed by atoms with Crippen LogP contribution in [0.4, 0.5) is 10.1 Å². The van der Waals surface area contributed by atoms with E-state index in [-0.39, 0.29) is 31.5 Å². The molecule has 0 radical (unpaired) electrons. The predicted molar refractivity (Wildman–Crippen MR) is 122 cm³/mol. The molecule has 3 heterocycles. The maximum Gasteiger partial charge on any atom is 0.332 e. The summed E-state index contributed by atoms with van der Waals surface area (Å²) in [7, 11) is 0. The van der Waals surface area contributed by atoms with Crippen molar-refractivity contribution in [2.24, 2.45) is 0 Å². The Balaban J connectivity index is 1.49. The SMILES string of the molecule is O=C(Cn1c(=O)n(CCC(=O)Nc2ccc(F)cc2)c(=O)c2sccc21)NC[C@@H]1CCCO1. The predicted octanol–water partition coefficient (Wildman–Crippen LogP) is 1.69. The molecule has 2 N–H and O–H groups in total. The van der Waals surface area contributed by atoms with Crippen LogP contribution in [0, 0.1) is 5.82 Å². The molecule has 1 saturated heterocycles. The molecule has 9 nitrogen and oxygen atoms in total. The molecule has 174 valence electrons. The van der Waals surface area contributed by atoms with Gasteiger partial charge in [0.2, 0.25) is 11.8 Å². The van der Waals surface area contributed by atoms with Crippen LogP contribution in [-0.4, -0.2) is 40.2 Å². The third kappa shape index (κ3) is 5.37. The maximum absolute atomic E-state index is 13.1. The summed E-state index contributed by atoms with van der Waals surface area (Å²) in [6, 6.07) is 6.89. The van der Waals surface area contributed by atoms with Crippen LogP contribution in [0.1, 0.15) is 19.3 Å². The van der Waals surface area contributed by atoms with E-state index >= 15 is 0 Å². The number of halogens is 1. The van der Waals surface area contributed by atoms with E-state index in [9.17, 15) is 23.6 Å². The monoisotopic (exact) mass is 474 g/mol. The van der Waals surface area contributed by atoms with Crippen LogP contribution in [-0.2, 0) is 27.4 Å². The fraction of sp³-hybridized carbons (Fsp3) is 0.364. The number of nitrogens with zero attached hydrogens (tertiary/aromatic N) is 2. The van der Waals surface area contributed by atoms with E-state index in [2.05, 4.69) is 10.6 Å². The molecule has 11 heteroatoms. The van der Waals surface area contributed by atoms with Gasteiger partial charge in [-0.1, -0.05) is 0 Å². The van der Waals surface area contributed by atoms with Crippen molar-refractivity contribution in [3.05, 3.63) is 62.4 Å². The molecular weight excluding hydrogens is 451 g/mol. The van der Waals surface area contributed by atoms with Crippen molar-refractivity contribution in [1.82, 2.24) is 14.5 Å². The van der Waals surface area contributed by atoms with E-state index in [1.807, 2.05) is 0 Å². The Morgan fingerprint density at radius 1 is 1.12 bits per heavy atom. The molecule has 33 heavy (non-hydrogen) atoms. The van der Waals surface area contributed by atoms with Crippen molar-refractivity contribution in [2.75, 3.05) is 18.5 Å². The number of carbonyl (C=O) groups excluding carboxylic acids is 2. The van der Waals surface area contributed by atoms with Gasteiger partial charge in [-0.25, -0.2) is 9.18 Å². The number of nitrogens with one attached hydrogen (secondary N) is 2. The maximum atomic E-state index is 13.1. The van der Waals surface area contributed by atoms with Gasteiger partial charge in [0.25, 0.3) is 5.56 Å². The van der Waals surface area contributed by atoms with Gasteiger partial charge >= 0.3 is 5.69 Å². The number of thiophene rings is 1. The second-order valence-corrected chi connectivity index (χ2v) is 8.62. The van der Waals surface area contributed by atoms with Gasteiger partial charge in [-0.15, -0.1) is 11.3 Å². The van der Waals surface area contributed by atoms with Crippen molar-refractivity contribution in [3.8, 4) is 0 Å². The topological polar surface area (TPSA) is 111 Å². The summed E-state index contributed by atoms with van der Waals surface area (Å²) in [6.07, 6.45) is 1.66. The Morgan fingerprint density at radius 2 is 1.91 bits per heavy atom. The molecule has 1 atom stereocenters. The van der Waals surface area contributed by atoms with Crippen LogP contribution in [0.15, 0.2) is 45.3 Å². The summed E-state index contributed by atoms with van der Waals surface area (Å²) in [6.45, 7) is 0.635. The van der Waals surface area contributed by atoms with E-state index in [0.29, 0.717) is 29.1 Å². The van der Waals surface area contributed by atoms with Gasteiger partial charge in [0, 0.05) is 31.8 Å². The highest BCUT2D eigenvalue weighted by molar-refractivity contribution is 7.17. The second kappa shape index (κ2) is 10.1.